The summed E-state index contributed by atoms with van der Waals surface area (Å²) in [4.78, 5) is 17.2. The summed E-state index contributed by atoms with van der Waals surface area (Å²) in [5, 5.41) is 8.46. The second-order valence-electron chi connectivity index (χ2n) is 6.78. The zero-order valence-corrected chi connectivity index (χ0v) is 14.8. The van der Waals surface area contributed by atoms with E-state index in [1.54, 1.807) is 6.07 Å². The van der Waals surface area contributed by atoms with E-state index in [2.05, 4.69) is 33.3 Å². The molecule has 1 unspecified atom stereocenters. The minimum absolute atomic E-state index is 0.0245. The fourth-order valence-electron chi connectivity index (χ4n) is 3.81. The number of benzene rings is 1. The Morgan fingerprint density at radius 1 is 1.08 bits per heavy atom. The predicted octanol–water partition coefficient (Wildman–Crippen LogP) is 2.93. The largest absolute Gasteiger partial charge is 0.354 e. The van der Waals surface area contributed by atoms with Gasteiger partial charge in [0.25, 0.3) is 0 Å². The molecule has 0 radical (unpaired) electrons. The van der Waals surface area contributed by atoms with Crippen molar-refractivity contribution in [2.45, 2.75) is 25.8 Å². The first kappa shape index (κ1) is 16.3. The summed E-state index contributed by atoms with van der Waals surface area (Å²) in [6.07, 6.45) is 2.88. The van der Waals surface area contributed by atoms with Crippen LogP contribution in [0.15, 0.2) is 36.4 Å². The Balaban J connectivity index is 1.44. The van der Waals surface area contributed by atoms with Gasteiger partial charge in [-0.2, -0.15) is 0 Å². The Morgan fingerprint density at radius 2 is 1.92 bits per heavy atom. The van der Waals surface area contributed by atoms with Crippen LogP contribution in [0, 0.1) is 5.92 Å². The number of amides is 1. The molecule has 4 rings (SSSR count). The molecule has 0 aliphatic carbocycles. The molecule has 2 aliphatic heterocycles. The van der Waals surface area contributed by atoms with Crippen LogP contribution in [0.3, 0.4) is 0 Å². The van der Waals surface area contributed by atoms with Crippen LogP contribution in [0.1, 0.15) is 24.0 Å². The first-order valence-corrected chi connectivity index (χ1v) is 9.18. The molecule has 0 N–H and O–H groups in total. The van der Waals surface area contributed by atoms with Crippen LogP contribution in [-0.4, -0.2) is 40.6 Å². The number of halogens is 1. The lowest BCUT2D eigenvalue weighted by atomic mass is 9.94. The molecule has 1 atom stereocenters. The van der Waals surface area contributed by atoms with Gasteiger partial charge in [0.05, 0.1) is 5.92 Å². The highest BCUT2D eigenvalue weighted by molar-refractivity contribution is 6.29. The van der Waals surface area contributed by atoms with Gasteiger partial charge in [-0.25, -0.2) is 0 Å². The Labute approximate surface area is 152 Å². The summed E-state index contributed by atoms with van der Waals surface area (Å²) < 4.78 is 0. The van der Waals surface area contributed by atoms with Gasteiger partial charge in [-0.15, -0.1) is 10.2 Å². The number of rotatable bonds is 2. The molecule has 2 aromatic rings. The number of anilines is 1. The van der Waals surface area contributed by atoms with Crippen LogP contribution >= 0.6 is 11.6 Å². The van der Waals surface area contributed by atoms with E-state index >= 15 is 0 Å². The monoisotopic (exact) mass is 356 g/mol. The molecule has 1 amide bonds. The molecular weight excluding hydrogens is 336 g/mol. The van der Waals surface area contributed by atoms with E-state index in [-0.39, 0.29) is 11.8 Å². The molecule has 1 fully saturated rings. The van der Waals surface area contributed by atoms with Gasteiger partial charge in [0.2, 0.25) is 5.91 Å². The third-order valence-corrected chi connectivity index (χ3v) is 5.36. The highest BCUT2D eigenvalue weighted by Crippen LogP contribution is 2.26. The molecule has 25 heavy (non-hydrogen) atoms. The Hall–Kier alpha value is -2.14. The number of fused-ring (bicyclic) bond motifs is 1. The second kappa shape index (κ2) is 7.00. The van der Waals surface area contributed by atoms with Crippen molar-refractivity contribution in [3.8, 4) is 0 Å². The van der Waals surface area contributed by atoms with Crippen molar-refractivity contribution in [2.75, 3.05) is 24.5 Å². The van der Waals surface area contributed by atoms with Crippen molar-refractivity contribution < 1.29 is 4.79 Å². The normalized spacial score (nSPS) is 20.3. The van der Waals surface area contributed by atoms with E-state index in [1.165, 1.54) is 11.1 Å². The molecular formula is C19H21ClN4O. The van der Waals surface area contributed by atoms with E-state index < -0.39 is 0 Å². The average Bonchev–Trinajstić information content (AvgIpc) is 2.68. The number of aromatic nitrogens is 2. The van der Waals surface area contributed by atoms with Crippen LogP contribution in [0.4, 0.5) is 5.82 Å². The number of hydrogen-bond donors (Lipinski definition) is 0. The van der Waals surface area contributed by atoms with E-state index in [0.29, 0.717) is 11.7 Å². The first-order valence-electron chi connectivity index (χ1n) is 8.80. The third-order valence-electron chi connectivity index (χ3n) is 5.15. The molecule has 3 heterocycles. The minimum atomic E-state index is 0.0245. The van der Waals surface area contributed by atoms with Crippen molar-refractivity contribution in [1.82, 2.24) is 15.1 Å². The van der Waals surface area contributed by atoms with Crippen LogP contribution in [0.2, 0.25) is 5.15 Å². The van der Waals surface area contributed by atoms with Gasteiger partial charge >= 0.3 is 0 Å². The Bertz CT molecular complexity index is 764. The number of piperidine rings is 1. The van der Waals surface area contributed by atoms with E-state index in [1.807, 2.05) is 17.0 Å². The quantitative estimate of drug-likeness (QED) is 0.830. The molecule has 1 aromatic carbocycles. The first-order chi connectivity index (χ1) is 12.2. The van der Waals surface area contributed by atoms with Gasteiger partial charge in [-0.3, -0.25) is 4.79 Å². The van der Waals surface area contributed by atoms with Gasteiger partial charge in [0.1, 0.15) is 0 Å². The standard InChI is InChI=1S/C19H21ClN4O/c20-17-7-8-18(22-21-17)23-10-3-6-16(13-23)19(25)24-11-9-14-4-1-2-5-15(14)12-24/h1-2,4-5,7-8,16H,3,6,9-13H2. The smallest absolute Gasteiger partial charge is 0.227 e. The number of carbonyl (C=O) groups excluding carboxylic acids is 1. The molecule has 1 aromatic heterocycles. The summed E-state index contributed by atoms with van der Waals surface area (Å²) >= 11 is 5.82. The van der Waals surface area contributed by atoms with Crippen LogP contribution in [-0.2, 0) is 17.8 Å². The Kier molecular flexibility index (Phi) is 4.57. The van der Waals surface area contributed by atoms with Crippen LogP contribution in [0.5, 0.6) is 0 Å². The van der Waals surface area contributed by atoms with Crippen molar-refractivity contribution in [3.05, 3.63) is 52.7 Å². The molecule has 0 saturated carbocycles. The lowest BCUT2D eigenvalue weighted by Gasteiger charge is -2.37. The van der Waals surface area contributed by atoms with Crippen molar-refractivity contribution in [3.63, 3.8) is 0 Å². The maximum atomic E-state index is 13.0. The highest BCUT2D eigenvalue weighted by atomic mass is 35.5. The topological polar surface area (TPSA) is 49.3 Å². The minimum Gasteiger partial charge on any atom is -0.354 e. The zero-order valence-electron chi connectivity index (χ0n) is 14.1. The summed E-state index contributed by atoms with van der Waals surface area (Å²) in [6.45, 7) is 3.15. The average molecular weight is 357 g/mol. The number of hydrogen-bond acceptors (Lipinski definition) is 4. The molecule has 1 saturated heterocycles. The molecule has 2 aliphatic rings. The van der Waals surface area contributed by atoms with Crippen molar-refractivity contribution in [2.24, 2.45) is 5.92 Å². The van der Waals surface area contributed by atoms with Crippen molar-refractivity contribution >= 4 is 23.3 Å². The fourth-order valence-corrected chi connectivity index (χ4v) is 3.91. The summed E-state index contributed by atoms with van der Waals surface area (Å²) in [6, 6.07) is 12.0. The fraction of sp³-hybridized carbons (Fsp3) is 0.421. The molecule has 0 bridgehead atoms. The Morgan fingerprint density at radius 3 is 2.72 bits per heavy atom. The van der Waals surface area contributed by atoms with Crippen LogP contribution in [0.25, 0.3) is 0 Å². The van der Waals surface area contributed by atoms with E-state index in [4.69, 9.17) is 11.6 Å². The van der Waals surface area contributed by atoms with E-state index in [0.717, 1.165) is 44.7 Å². The van der Waals surface area contributed by atoms with Crippen LogP contribution < -0.4 is 4.90 Å². The highest BCUT2D eigenvalue weighted by Gasteiger charge is 2.31. The maximum absolute atomic E-state index is 13.0. The molecule has 130 valence electrons. The molecule has 6 heteroatoms. The van der Waals surface area contributed by atoms with E-state index in [9.17, 15) is 4.79 Å². The number of carbonyl (C=O) groups is 1. The second-order valence-corrected chi connectivity index (χ2v) is 7.17. The van der Waals surface area contributed by atoms with Gasteiger partial charge in [0.15, 0.2) is 11.0 Å². The third kappa shape index (κ3) is 3.47. The lowest BCUT2D eigenvalue weighted by Crippen LogP contribution is -2.46. The summed E-state index contributed by atoms with van der Waals surface area (Å²) in [5.74, 6) is 1.09. The number of nitrogens with zero attached hydrogens (tertiary/aromatic N) is 4. The van der Waals surface area contributed by atoms with Crippen molar-refractivity contribution in [1.29, 1.82) is 0 Å². The van der Waals surface area contributed by atoms with Gasteiger partial charge < -0.3 is 9.80 Å². The molecule has 0 spiro atoms. The maximum Gasteiger partial charge on any atom is 0.227 e. The zero-order chi connectivity index (χ0) is 17.2. The van der Waals surface area contributed by atoms with Gasteiger partial charge in [0, 0.05) is 26.2 Å². The predicted molar refractivity (Wildman–Crippen MR) is 97.5 cm³/mol. The summed E-state index contributed by atoms with van der Waals surface area (Å²) in [7, 11) is 0. The van der Waals surface area contributed by atoms with Gasteiger partial charge in [-0.1, -0.05) is 35.9 Å². The SMILES string of the molecule is O=C(C1CCCN(c2ccc(Cl)nn2)C1)N1CCc2ccccc2C1. The lowest BCUT2D eigenvalue weighted by molar-refractivity contribution is -0.136. The van der Waals surface area contributed by atoms with Gasteiger partial charge in [-0.05, 0) is 42.5 Å². The molecule has 5 nitrogen and oxygen atoms in total. The summed E-state index contributed by atoms with van der Waals surface area (Å²) in [5.41, 5.74) is 2.64.